The Morgan fingerprint density at radius 3 is 1.57 bits per heavy atom. The lowest BCUT2D eigenvalue weighted by molar-refractivity contribution is -0.150. The third-order valence-electron chi connectivity index (χ3n) is 6.05. The standard InChI is InChI=1S/C27H50O7S/c1-3-5-7-8-9-10-11-12-13-14-15-16-17-18-19-20-21-23-34-27(29)25(35(30,31)32)24-26(28)33-22-6-4-2/h4,25H,2-3,5-24H2,1H3,(H,30,31,32). The summed E-state index contributed by atoms with van der Waals surface area (Å²) in [6.07, 6.45) is 22.3. The largest absolute Gasteiger partial charge is 0.465 e. The Labute approximate surface area is 214 Å². The lowest BCUT2D eigenvalue weighted by Gasteiger charge is -2.13. The lowest BCUT2D eigenvalue weighted by Crippen LogP contribution is -2.34. The summed E-state index contributed by atoms with van der Waals surface area (Å²) in [6.45, 7) is 5.84. The Balaban J connectivity index is 3.68. The predicted molar refractivity (Wildman–Crippen MR) is 141 cm³/mol. The summed E-state index contributed by atoms with van der Waals surface area (Å²) in [5.74, 6) is -2.01. The molecule has 8 heteroatoms. The summed E-state index contributed by atoms with van der Waals surface area (Å²) in [5, 5.41) is -1.95. The van der Waals surface area contributed by atoms with Crippen molar-refractivity contribution in [2.75, 3.05) is 13.2 Å². The first kappa shape index (κ1) is 33.6. The van der Waals surface area contributed by atoms with E-state index in [1.807, 2.05) is 0 Å². The van der Waals surface area contributed by atoms with Crippen LogP contribution in [0.4, 0.5) is 0 Å². The van der Waals surface area contributed by atoms with E-state index < -0.39 is 33.7 Å². The molecule has 0 fully saturated rings. The second-order valence-corrected chi connectivity index (χ2v) is 10.9. The Morgan fingerprint density at radius 1 is 0.743 bits per heavy atom. The number of rotatable bonds is 25. The zero-order chi connectivity index (χ0) is 26.2. The van der Waals surface area contributed by atoms with Crippen molar-refractivity contribution in [3.05, 3.63) is 12.7 Å². The smallest absolute Gasteiger partial charge is 0.327 e. The van der Waals surface area contributed by atoms with Crippen molar-refractivity contribution in [1.29, 1.82) is 0 Å². The van der Waals surface area contributed by atoms with Gasteiger partial charge in [-0.25, -0.2) is 0 Å². The SMILES string of the molecule is C=CCCOC(=O)CC(C(=O)OCCCCCCCCCCCCCCCCCCC)S(=O)(=O)O. The summed E-state index contributed by atoms with van der Waals surface area (Å²) >= 11 is 0. The average molecular weight is 519 g/mol. The number of unbranched alkanes of at least 4 members (excludes halogenated alkanes) is 16. The molecule has 0 amide bonds. The van der Waals surface area contributed by atoms with Gasteiger partial charge in [-0.2, -0.15) is 8.42 Å². The van der Waals surface area contributed by atoms with Crippen LogP contribution >= 0.6 is 0 Å². The van der Waals surface area contributed by atoms with E-state index in [9.17, 15) is 22.6 Å². The fourth-order valence-corrected chi connectivity index (χ4v) is 4.53. The van der Waals surface area contributed by atoms with Gasteiger partial charge in [0.1, 0.15) is 0 Å². The Kier molecular flexibility index (Phi) is 22.1. The van der Waals surface area contributed by atoms with Gasteiger partial charge in [0, 0.05) is 0 Å². The highest BCUT2D eigenvalue weighted by Gasteiger charge is 2.35. The lowest BCUT2D eigenvalue weighted by atomic mass is 10.0. The molecular weight excluding hydrogens is 468 g/mol. The minimum absolute atomic E-state index is 0.0365. The average Bonchev–Trinajstić information content (AvgIpc) is 2.81. The monoisotopic (exact) mass is 518 g/mol. The van der Waals surface area contributed by atoms with E-state index in [4.69, 9.17) is 9.47 Å². The molecule has 0 heterocycles. The maximum absolute atomic E-state index is 12.0. The third-order valence-corrected chi connectivity index (χ3v) is 7.13. The predicted octanol–water partition coefficient (Wildman–Crippen LogP) is 6.95. The number of carbonyl (C=O) groups excluding carboxylic acids is 2. The minimum atomic E-state index is -4.76. The van der Waals surface area contributed by atoms with Gasteiger partial charge in [-0.3, -0.25) is 14.1 Å². The quantitative estimate of drug-likeness (QED) is 0.0603. The van der Waals surface area contributed by atoms with Crippen molar-refractivity contribution in [3.63, 3.8) is 0 Å². The first-order chi connectivity index (χ1) is 16.8. The summed E-state index contributed by atoms with van der Waals surface area (Å²) in [4.78, 5) is 23.7. The second kappa shape index (κ2) is 23.0. The molecule has 0 saturated heterocycles. The molecule has 0 bridgehead atoms. The zero-order valence-corrected chi connectivity index (χ0v) is 22.8. The van der Waals surface area contributed by atoms with Crippen LogP contribution in [0.2, 0.25) is 0 Å². The van der Waals surface area contributed by atoms with E-state index in [0.717, 1.165) is 19.3 Å². The molecule has 7 nitrogen and oxygen atoms in total. The highest BCUT2D eigenvalue weighted by atomic mass is 32.2. The van der Waals surface area contributed by atoms with Gasteiger partial charge in [0.05, 0.1) is 19.6 Å². The summed E-state index contributed by atoms with van der Waals surface area (Å²) in [7, 11) is -4.76. The van der Waals surface area contributed by atoms with Gasteiger partial charge in [-0.05, 0) is 12.8 Å². The zero-order valence-electron chi connectivity index (χ0n) is 22.0. The molecule has 35 heavy (non-hydrogen) atoms. The van der Waals surface area contributed by atoms with Crippen LogP contribution in [0.25, 0.3) is 0 Å². The first-order valence-corrected chi connectivity index (χ1v) is 15.2. The molecule has 0 aromatic carbocycles. The van der Waals surface area contributed by atoms with Crippen LogP contribution in [0.15, 0.2) is 12.7 Å². The number of hydrogen-bond donors (Lipinski definition) is 1. The van der Waals surface area contributed by atoms with Crippen molar-refractivity contribution < 1.29 is 32.0 Å². The normalized spacial score (nSPS) is 12.3. The Hall–Kier alpha value is -1.41. The van der Waals surface area contributed by atoms with Gasteiger partial charge in [0.25, 0.3) is 10.1 Å². The molecule has 1 unspecified atom stereocenters. The number of carbonyl (C=O) groups is 2. The third kappa shape index (κ3) is 21.6. The van der Waals surface area contributed by atoms with Crippen LogP contribution in [0.3, 0.4) is 0 Å². The topological polar surface area (TPSA) is 107 Å². The van der Waals surface area contributed by atoms with Gasteiger partial charge < -0.3 is 9.47 Å². The molecule has 206 valence electrons. The highest BCUT2D eigenvalue weighted by Crippen LogP contribution is 2.14. The maximum atomic E-state index is 12.0. The van der Waals surface area contributed by atoms with Crippen LogP contribution < -0.4 is 0 Å². The van der Waals surface area contributed by atoms with Crippen molar-refractivity contribution >= 4 is 22.1 Å². The fourth-order valence-electron chi connectivity index (χ4n) is 3.87. The van der Waals surface area contributed by atoms with Crippen LogP contribution in [0.1, 0.15) is 129 Å². The molecule has 1 N–H and O–H groups in total. The van der Waals surface area contributed by atoms with Gasteiger partial charge in [-0.1, -0.05) is 116 Å². The van der Waals surface area contributed by atoms with Gasteiger partial charge in [0.15, 0.2) is 5.25 Å². The van der Waals surface area contributed by atoms with E-state index in [1.54, 1.807) is 6.08 Å². The van der Waals surface area contributed by atoms with Gasteiger partial charge in [-0.15, -0.1) is 6.58 Å². The van der Waals surface area contributed by atoms with Gasteiger partial charge in [0.2, 0.25) is 0 Å². The van der Waals surface area contributed by atoms with Crippen LogP contribution in [0.5, 0.6) is 0 Å². The van der Waals surface area contributed by atoms with E-state index in [2.05, 4.69) is 13.5 Å². The second-order valence-electron chi connectivity index (χ2n) is 9.33. The molecular formula is C27H50O7S. The molecule has 0 radical (unpaired) electrons. The summed E-state index contributed by atoms with van der Waals surface area (Å²) in [5.41, 5.74) is 0. The van der Waals surface area contributed by atoms with Crippen molar-refractivity contribution in [2.45, 2.75) is 134 Å². The van der Waals surface area contributed by atoms with E-state index in [1.165, 1.54) is 83.5 Å². The molecule has 0 saturated carbocycles. The fraction of sp³-hybridized carbons (Fsp3) is 0.852. The molecule has 0 aliphatic carbocycles. The molecule has 0 spiro atoms. The van der Waals surface area contributed by atoms with Crippen LogP contribution in [-0.4, -0.2) is 43.4 Å². The first-order valence-electron chi connectivity index (χ1n) is 13.7. The molecule has 0 rings (SSSR count). The van der Waals surface area contributed by atoms with Crippen molar-refractivity contribution in [3.8, 4) is 0 Å². The molecule has 0 aromatic heterocycles. The van der Waals surface area contributed by atoms with Crippen LogP contribution in [-0.2, 0) is 29.2 Å². The van der Waals surface area contributed by atoms with E-state index >= 15 is 0 Å². The van der Waals surface area contributed by atoms with E-state index in [0.29, 0.717) is 12.8 Å². The minimum Gasteiger partial charge on any atom is -0.465 e. The molecule has 0 aliphatic rings. The highest BCUT2D eigenvalue weighted by molar-refractivity contribution is 7.87. The maximum Gasteiger partial charge on any atom is 0.327 e. The van der Waals surface area contributed by atoms with E-state index in [-0.39, 0.29) is 13.2 Å². The van der Waals surface area contributed by atoms with Crippen molar-refractivity contribution in [2.24, 2.45) is 0 Å². The number of esters is 2. The van der Waals surface area contributed by atoms with Crippen LogP contribution in [0, 0.1) is 0 Å². The molecule has 0 aromatic rings. The summed E-state index contributed by atoms with van der Waals surface area (Å²) < 4.78 is 42.0. The molecule has 0 aliphatic heterocycles. The van der Waals surface area contributed by atoms with Crippen molar-refractivity contribution in [1.82, 2.24) is 0 Å². The Morgan fingerprint density at radius 2 is 1.17 bits per heavy atom. The summed E-state index contributed by atoms with van der Waals surface area (Å²) in [6, 6.07) is 0. The number of hydrogen-bond acceptors (Lipinski definition) is 6. The van der Waals surface area contributed by atoms with Gasteiger partial charge >= 0.3 is 11.9 Å². The number of ether oxygens (including phenoxy) is 2. The Bertz CT molecular complexity index is 646. The molecule has 1 atom stereocenters.